The fraction of sp³-hybridized carbons (Fsp3) is 0.190. The van der Waals surface area contributed by atoms with E-state index < -0.39 is 0 Å². The molecule has 126 valence electrons. The third-order valence-corrected chi connectivity index (χ3v) is 4.33. The molecule has 0 fully saturated rings. The van der Waals surface area contributed by atoms with Crippen LogP contribution in [-0.4, -0.2) is 23.3 Å². The third kappa shape index (κ3) is 3.08. The van der Waals surface area contributed by atoms with Crippen molar-refractivity contribution >= 4 is 21.8 Å². The molecular formula is C21H20N2O2. The number of hydrogen-bond acceptors (Lipinski definition) is 3. The lowest BCUT2D eigenvalue weighted by atomic mass is 10.1. The second-order valence-corrected chi connectivity index (χ2v) is 5.93. The van der Waals surface area contributed by atoms with Crippen LogP contribution >= 0.6 is 0 Å². The highest BCUT2D eigenvalue weighted by Gasteiger charge is 2.10. The molecule has 4 nitrogen and oxygen atoms in total. The van der Waals surface area contributed by atoms with Crippen molar-refractivity contribution in [1.82, 2.24) is 9.55 Å². The Morgan fingerprint density at radius 3 is 2.64 bits per heavy atom. The van der Waals surface area contributed by atoms with E-state index in [1.54, 1.807) is 7.11 Å². The van der Waals surface area contributed by atoms with Crippen molar-refractivity contribution in [1.29, 1.82) is 0 Å². The molecule has 0 unspecified atom stereocenters. The Bertz CT molecular complexity index is 1000. The van der Waals surface area contributed by atoms with Gasteiger partial charge in [-0.3, -0.25) is 0 Å². The molecule has 1 heterocycles. The van der Waals surface area contributed by atoms with E-state index in [1.807, 2.05) is 42.5 Å². The molecule has 0 amide bonds. The lowest BCUT2D eigenvalue weighted by molar-refractivity contribution is 0.173. The van der Waals surface area contributed by atoms with E-state index in [1.165, 1.54) is 5.39 Å². The topological polar surface area (TPSA) is 36.3 Å². The molecule has 0 atom stereocenters. The lowest BCUT2D eigenvalue weighted by Gasteiger charge is -2.12. The van der Waals surface area contributed by atoms with Crippen LogP contribution in [0.1, 0.15) is 5.82 Å². The zero-order valence-electron chi connectivity index (χ0n) is 14.2. The van der Waals surface area contributed by atoms with Gasteiger partial charge in [-0.05, 0) is 23.6 Å². The number of para-hydroxylation sites is 2. The van der Waals surface area contributed by atoms with E-state index in [4.69, 9.17) is 9.47 Å². The fourth-order valence-corrected chi connectivity index (χ4v) is 3.18. The monoisotopic (exact) mass is 332 g/mol. The quantitative estimate of drug-likeness (QED) is 0.524. The van der Waals surface area contributed by atoms with Crippen molar-refractivity contribution in [3.63, 3.8) is 0 Å². The molecule has 0 N–H and O–H groups in total. The molecule has 4 aromatic rings. The fourth-order valence-electron chi connectivity index (χ4n) is 3.18. The van der Waals surface area contributed by atoms with Gasteiger partial charge in [0.15, 0.2) is 0 Å². The van der Waals surface area contributed by atoms with Crippen LogP contribution in [0.4, 0.5) is 0 Å². The smallest absolute Gasteiger partial charge is 0.136 e. The van der Waals surface area contributed by atoms with Crippen molar-refractivity contribution in [2.45, 2.75) is 13.2 Å². The summed E-state index contributed by atoms with van der Waals surface area (Å²) in [6.07, 6.45) is 0. The summed E-state index contributed by atoms with van der Waals surface area (Å²) in [7, 11) is 1.69. The van der Waals surface area contributed by atoms with Gasteiger partial charge in [-0.15, -0.1) is 0 Å². The van der Waals surface area contributed by atoms with Gasteiger partial charge >= 0.3 is 0 Å². The van der Waals surface area contributed by atoms with Gasteiger partial charge in [-0.25, -0.2) is 4.98 Å². The highest BCUT2D eigenvalue weighted by Crippen LogP contribution is 2.25. The van der Waals surface area contributed by atoms with E-state index in [9.17, 15) is 0 Å². The van der Waals surface area contributed by atoms with Crippen LogP contribution in [0.15, 0.2) is 66.7 Å². The minimum Gasteiger partial charge on any atom is -0.491 e. The Morgan fingerprint density at radius 1 is 0.920 bits per heavy atom. The number of ether oxygens (including phenoxy) is 2. The molecule has 0 saturated carbocycles. The maximum atomic E-state index is 6.09. The zero-order chi connectivity index (χ0) is 17.1. The highest BCUT2D eigenvalue weighted by molar-refractivity contribution is 5.88. The summed E-state index contributed by atoms with van der Waals surface area (Å²) in [5.74, 6) is 1.83. The summed E-state index contributed by atoms with van der Waals surface area (Å²) in [4.78, 5) is 4.66. The Hall–Kier alpha value is -2.85. The molecular weight excluding hydrogens is 312 g/mol. The van der Waals surface area contributed by atoms with E-state index in [0.29, 0.717) is 13.2 Å². The number of fused-ring (bicyclic) bond motifs is 2. The molecule has 0 aliphatic rings. The summed E-state index contributed by atoms with van der Waals surface area (Å²) in [5, 5.41) is 2.32. The molecule has 4 rings (SSSR count). The van der Waals surface area contributed by atoms with E-state index in [2.05, 4.69) is 33.8 Å². The second-order valence-electron chi connectivity index (χ2n) is 5.93. The first-order chi connectivity index (χ1) is 12.4. The van der Waals surface area contributed by atoms with Gasteiger partial charge in [-0.2, -0.15) is 0 Å². The largest absolute Gasteiger partial charge is 0.491 e. The summed E-state index contributed by atoms with van der Waals surface area (Å²) in [6, 6.07) is 22.6. The molecule has 3 aromatic carbocycles. The Morgan fingerprint density at radius 2 is 1.72 bits per heavy atom. The molecule has 4 heteroatoms. The lowest BCUT2D eigenvalue weighted by Crippen LogP contribution is -2.11. The predicted octanol–water partition coefficient (Wildman–Crippen LogP) is 4.41. The number of nitrogens with zero attached hydrogens (tertiary/aromatic N) is 2. The average Bonchev–Trinajstić information content (AvgIpc) is 3.00. The van der Waals surface area contributed by atoms with Gasteiger partial charge in [0.05, 0.1) is 17.6 Å². The summed E-state index contributed by atoms with van der Waals surface area (Å²) < 4.78 is 13.6. The normalized spacial score (nSPS) is 11.2. The first kappa shape index (κ1) is 15.7. The Labute approximate surface area is 146 Å². The highest BCUT2D eigenvalue weighted by atomic mass is 16.5. The van der Waals surface area contributed by atoms with Crippen LogP contribution < -0.4 is 4.74 Å². The van der Waals surface area contributed by atoms with Gasteiger partial charge in [0.25, 0.3) is 0 Å². The summed E-state index contributed by atoms with van der Waals surface area (Å²) in [5.41, 5.74) is 2.09. The molecule has 0 bridgehead atoms. The Balaban J connectivity index is 1.57. The van der Waals surface area contributed by atoms with E-state index in [-0.39, 0.29) is 0 Å². The van der Waals surface area contributed by atoms with Crippen molar-refractivity contribution in [2.75, 3.05) is 13.7 Å². The molecule has 0 saturated heterocycles. The van der Waals surface area contributed by atoms with Crippen LogP contribution in [0.2, 0.25) is 0 Å². The van der Waals surface area contributed by atoms with E-state index >= 15 is 0 Å². The number of benzene rings is 3. The number of aromatic nitrogens is 2. The van der Waals surface area contributed by atoms with Crippen molar-refractivity contribution in [3.8, 4) is 5.75 Å². The molecule has 0 aliphatic carbocycles. The zero-order valence-corrected chi connectivity index (χ0v) is 14.2. The molecule has 0 radical (unpaired) electrons. The summed E-state index contributed by atoms with van der Waals surface area (Å²) >= 11 is 0. The van der Waals surface area contributed by atoms with Gasteiger partial charge in [0.2, 0.25) is 0 Å². The van der Waals surface area contributed by atoms with E-state index in [0.717, 1.165) is 34.5 Å². The maximum Gasteiger partial charge on any atom is 0.136 e. The van der Waals surface area contributed by atoms with Crippen molar-refractivity contribution in [2.24, 2.45) is 0 Å². The van der Waals surface area contributed by atoms with Crippen molar-refractivity contribution < 1.29 is 9.47 Å². The van der Waals surface area contributed by atoms with Crippen molar-refractivity contribution in [3.05, 3.63) is 72.6 Å². The minimum atomic E-state index is 0.489. The molecule has 1 aromatic heterocycles. The Kier molecular flexibility index (Phi) is 4.36. The first-order valence-electron chi connectivity index (χ1n) is 8.40. The predicted molar refractivity (Wildman–Crippen MR) is 99.9 cm³/mol. The number of imidazole rings is 1. The molecule has 0 aliphatic heterocycles. The van der Waals surface area contributed by atoms with Gasteiger partial charge < -0.3 is 14.0 Å². The SMILES string of the molecule is COCc1nc2ccccc2n1CCOc1cccc2ccccc12. The van der Waals surface area contributed by atoms with Crippen LogP contribution in [0.5, 0.6) is 5.75 Å². The van der Waals surface area contributed by atoms with Gasteiger partial charge in [0.1, 0.15) is 24.8 Å². The first-order valence-corrected chi connectivity index (χ1v) is 8.40. The van der Waals surface area contributed by atoms with Gasteiger partial charge in [-0.1, -0.05) is 48.5 Å². The average molecular weight is 332 g/mol. The number of hydrogen-bond donors (Lipinski definition) is 0. The number of rotatable bonds is 6. The summed E-state index contributed by atoms with van der Waals surface area (Å²) in [6.45, 7) is 1.79. The maximum absolute atomic E-state index is 6.09. The van der Waals surface area contributed by atoms with Crippen LogP contribution in [0.25, 0.3) is 21.8 Å². The minimum absolute atomic E-state index is 0.489. The molecule has 25 heavy (non-hydrogen) atoms. The van der Waals surface area contributed by atoms with Gasteiger partial charge in [0, 0.05) is 12.5 Å². The van der Waals surface area contributed by atoms with Crippen LogP contribution in [0.3, 0.4) is 0 Å². The number of methoxy groups -OCH3 is 1. The standard InChI is InChI=1S/C21H20N2O2/c1-24-15-21-22-18-10-4-5-11-19(18)23(21)13-14-25-20-12-6-8-16-7-2-3-9-17(16)20/h2-12H,13-15H2,1H3. The second kappa shape index (κ2) is 6.95. The third-order valence-electron chi connectivity index (χ3n) is 4.33. The van der Waals surface area contributed by atoms with Crippen LogP contribution in [0, 0.1) is 0 Å². The van der Waals surface area contributed by atoms with Crippen LogP contribution in [-0.2, 0) is 17.9 Å². The molecule has 0 spiro atoms.